The molecule has 1 N–H and O–H groups in total. The van der Waals surface area contributed by atoms with Gasteiger partial charge in [-0.2, -0.15) is 5.10 Å². The Labute approximate surface area is 112 Å². The highest BCUT2D eigenvalue weighted by Gasteiger charge is 2.27. The van der Waals surface area contributed by atoms with Crippen LogP contribution in [-0.2, 0) is 7.05 Å². The summed E-state index contributed by atoms with van der Waals surface area (Å²) in [6.45, 7) is 4.27. The molecule has 2 aromatic rings. The zero-order valence-corrected chi connectivity index (χ0v) is 12.0. The Morgan fingerprint density at radius 3 is 2.83 bits per heavy atom. The van der Waals surface area contributed by atoms with E-state index in [9.17, 15) is 0 Å². The van der Waals surface area contributed by atoms with Gasteiger partial charge >= 0.3 is 0 Å². The van der Waals surface area contributed by atoms with E-state index in [4.69, 9.17) is 12.2 Å². The second-order valence-electron chi connectivity index (χ2n) is 5.45. The lowest BCUT2D eigenvalue weighted by Gasteiger charge is -2.17. The maximum atomic E-state index is 5.51. The molecule has 0 spiro atoms. The van der Waals surface area contributed by atoms with E-state index in [0.29, 0.717) is 6.04 Å². The van der Waals surface area contributed by atoms with Gasteiger partial charge in [-0.05, 0) is 37.9 Å². The summed E-state index contributed by atoms with van der Waals surface area (Å²) in [4.78, 5) is 3.32. The third-order valence-corrected chi connectivity index (χ3v) is 4.31. The number of H-pyrrole nitrogens is 1. The maximum absolute atomic E-state index is 5.51. The van der Waals surface area contributed by atoms with E-state index in [-0.39, 0.29) is 0 Å². The first-order valence-corrected chi connectivity index (χ1v) is 7.16. The lowest BCUT2D eigenvalue weighted by atomic mass is 10.1. The molecule has 1 fully saturated rings. The zero-order valence-electron chi connectivity index (χ0n) is 11.2. The fourth-order valence-electron chi connectivity index (χ4n) is 2.86. The van der Waals surface area contributed by atoms with Crippen molar-refractivity contribution in [3.05, 3.63) is 10.5 Å². The van der Waals surface area contributed by atoms with Crippen LogP contribution in [0.25, 0.3) is 11.2 Å². The molecular formula is C13H20N4S. The molecule has 1 saturated carbocycles. The summed E-state index contributed by atoms with van der Waals surface area (Å²) in [7, 11) is 2.00. The smallest absolute Gasteiger partial charge is 0.179 e. The minimum Gasteiger partial charge on any atom is -0.328 e. The summed E-state index contributed by atoms with van der Waals surface area (Å²) >= 11 is 5.51. The average Bonchev–Trinajstić information content (AvgIpc) is 3.02. The van der Waals surface area contributed by atoms with Crippen LogP contribution in [-0.4, -0.2) is 19.3 Å². The van der Waals surface area contributed by atoms with Crippen molar-refractivity contribution in [3.8, 4) is 0 Å². The number of aryl methyl sites for hydroxylation is 2. The molecule has 18 heavy (non-hydrogen) atoms. The van der Waals surface area contributed by atoms with Gasteiger partial charge in [-0.3, -0.25) is 9.25 Å². The van der Waals surface area contributed by atoms with Crippen molar-refractivity contribution in [1.29, 1.82) is 0 Å². The normalized spacial score (nSPS) is 17.5. The number of rotatable bonds is 4. The first-order valence-electron chi connectivity index (χ1n) is 6.75. The Morgan fingerprint density at radius 1 is 1.50 bits per heavy atom. The van der Waals surface area contributed by atoms with Gasteiger partial charge in [-0.1, -0.05) is 19.8 Å². The van der Waals surface area contributed by atoms with Crippen LogP contribution >= 0.6 is 12.2 Å². The molecule has 1 unspecified atom stereocenters. The standard InChI is InChI=1S/C13H20N4S/c1-4-10(7-9-5-6-9)17-12-11(14-13(17)18)8(2)15-16(12)3/h9-10H,4-7H2,1-3H3,(H,14,18). The highest BCUT2D eigenvalue weighted by atomic mass is 32.1. The van der Waals surface area contributed by atoms with Crippen molar-refractivity contribution >= 4 is 23.4 Å². The summed E-state index contributed by atoms with van der Waals surface area (Å²) in [6, 6.07) is 0.508. The minimum absolute atomic E-state index is 0.508. The average molecular weight is 264 g/mol. The van der Waals surface area contributed by atoms with Gasteiger partial charge in [0, 0.05) is 13.1 Å². The molecule has 0 saturated heterocycles. The number of imidazole rings is 1. The second kappa shape index (κ2) is 4.23. The van der Waals surface area contributed by atoms with Crippen molar-refractivity contribution in [3.63, 3.8) is 0 Å². The molecule has 1 aliphatic carbocycles. The molecule has 0 amide bonds. The maximum Gasteiger partial charge on any atom is 0.179 e. The fraction of sp³-hybridized carbons (Fsp3) is 0.692. The Kier molecular flexibility index (Phi) is 2.81. The van der Waals surface area contributed by atoms with Crippen LogP contribution in [0.3, 0.4) is 0 Å². The number of aromatic amines is 1. The van der Waals surface area contributed by atoms with Crippen LogP contribution in [0.4, 0.5) is 0 Å². The predicted octanol–water partition coefficient (Wildman–Crippen LogP) is 3.49. The molecule has 98 valence electrons. The van der Waals surface area contributed by atoms with Gasteiger partial charge in [0.15, 0.2) is 10.4 Å². The van der Waals surface area contributed by atoms with Crippen LogP contribution in [0.5, 0.6) is 0 Å². The van der Waals surface area contributed by atoms with Gasteiger partial charge in [0.2, 0.25) is 0 Å². The van der Waals surface area contributed by atoms with Gasteiger partial charge in [0.05, 0.1) is 5.69 Å². The minimum atomic E-state index is 0.508. The highest BCUT2D eigenvalue weighted by Crippen LogP contribution is 2.39. The molecule has 0 radical (unpaired) electrons. The van der Waals surface area contributed by atoms with Gasteiger partial charge < -0.3 is 4.98 Å². The van der Waals surface area contributed by atoms with E-state index in [1.165, 1.54) is 19.3 Å². The van der Waals surface area contributed by atoms with Crippen molar-refractivity contribution in [1.82, 2.24) is 19.3 Å². The van der Waals surface area contributed by atoms with E-state index in [1.807, 2.05) is 18.7 Å². The topological polar surface area (TPSA) is 38.5 Å². The number of hydrogen-bond donors (Lipinski definition) is 1. The SMILES string of the molecule is CCC(CC1CC1)n1c(=S)[nH]c2c(C)nn(C)c21. The van der Waals surface area contributed by atoms with Crippen molar-refractivity contribution in [2.24, 2.45) is 13.0 Å². The van der Waals surface area contributed by atoms with Gasteiger partial charge in [0.1, 0.15) is 5.52 Å². The summed E-state index contributed by atoms with van der Waals surface area (Å²) in [5.74, 6) is 0.913. The lowest BCUT2D eigenvalue weighted by Crippen LogP contribution is -2.11. The Bertz CT molecular complexity index is 629. The molecule has 0 aliphatic heterocycles. The monoisotopic (exact) mass is 264 g/mol. The predicted molar refractivity (Wildman–Crippen MR) is 75.3 cm³/mol. The van der Waals surface area contributed by atoms with Gasteiger partial charge in [0.25, 0.3) is 0 Å². The Balaban J connectivity index is 2.13. The van der Waals surface area contributed by atoms with E-state index >= 15 is 0 Å². The Morgan fingerprint density at radius 2 is 2.22 bits per heavy atom. The second-order valence-corrected chi connectivity index (χ2v) is 5.84. The lowest BCUT2D eigenvalue weighted by molar-refractivity contribution is 0.428. The Hall–Kier alpha value is -1.10. The molecule has 1 atom stereocenters. The third kappa shape index (κ3) is 1.81. The van der Waals surface area contributed by atoms with Crippen LogP contribution < -0.4 is 0 Å². The first-order chi connectivity index (χ1) is 8.61. The van der Waals surface area contributed by atoms with Crippen molar-refractivity contribution in [2.45, 2.75) is 45.6 Å². The zero-order chi connectivity index (χ0) is 12.9. The molecule has 3 rings (SSSR count). The van der Waals surface area contributed by atoms with E-state index in [0.717, 1.165) is 34.0 Å². The van der Waals surface area contributed by atoms with Gasteiger partial charge in [-0.15, -0.1) is 0 Å². The third-order valence-electron chi connectivity index (χ3n) is 4.01. The molecule has 5 heteroatoms. The number of hydrogen-bond acceptors (Lipinski definition) is 2. The molecule has 2 heterocycles. The molecule has 1 aliphatic rings. The largest absolute Gasteiger partial charge is 0.328 e. The highest BCUT2D eigenvalue weighted by molar-refractivity contribution is 7.71. The van der Waals surface area contributed by atoms with E-state index in [2.05, 4.69) is 21.6 Å². The fourth-order valence-corrected chi connectivity index (χ4v) is 3.20. The number of nitrogens with zero attached hydrogens (tertiary/aromatic N) is 3. The summed E-state index contributed by atoms with van der Waals surface area (Å²) in [5.41, 5.74) is 3.26. The molecule has 0 bridgehead atoms. The number of aromatic nitrogens is 4. The van der Waals surface area contributed by atoms with Crippen molar-refractivity contribution in [2.75, 3.05) is 0 Å². The summed E-state index contributed by atoms with van der Waals surface area (Å²) < 4.78 is 5.07. The quantitative estimate of drug-likeness (QED) is 0.858. The van der Waals surface area contributed by atoms with Crippen LogP contribution in [0, 0.1) is 17.6 Å². The first kappa shape index (κ1) is 12.0. The summed E-state index contributed by atoms with van der Waals surface area (Å²) in [6.07, 6.45) is 5.16. The summed E-state index contributed by atoms with van der Waals surface area (Å²) in [5, 5.41) is 4.48. The van der Waals surface area contributed by atoms with Crippen LogP contribution in [0.2, 0.25) is 0 Å². The van der Waals surface area contributed by atoms with Crippen LogP contribution in [0.1, 0.15) is 44.3 Å². The van der Waals surface area contributed by atoms with Gasteiger partial charge in [-0.25, -0.2) is 0 Å². The number of fused-ring (bicyclic) bond motifs is 1. The molecule has 2 aromatic heterocycles. The van der Waals surface area contributed by atoms with Crippen LogP contribution in [0.15, 0.2) is 0 Å². The van der Waals surface area contributed by atoms with E-state index in [1.54, 1.807) is 0 Å². The number of nitrogens with one attached hydrogen (secondary N) is 1. The molecular weight excluding hydrogens is 244 g/mol. The molecule has 0 aromatic carbocycles. The van der Waals surface area contributed by atoms with E-state index < -0.39 is 0 Å². The van der Waals surface area contributed by atoms with Crippen molar-refractivity contribution < 1.29 is 0 Å². The molecule has 4 nitrogen and oxygen atoms in total.